The first kappa shape index (κ1) is 25.8. The van der Waals surface area contributed by atoms with Gasteiger partial charge in [0, 0.05) is 42.6 Å². The van der Waals surface area contributed by atoms with E-state index in [1.165, 1.54) is 0 Å². The molecule has 0 bridgehead atoms. The van der Waals surface area contributed by atoms with Crippen LogP contribution in [0, 0.1) is 22.7 Å². The van der Waals surface area contributed by atoms with Crippen LogP contribution >= 0.6 is 0 Å². The standard InChI is InChI=1S/C26H28F3N3O4S/c27-26(28,29)24-31-22(17-5-7-18(8-6-17)32-11-13-37(34,35)14-12-32)23(36-24)20-4-2-1-3-19(20)21(33)15-25(16-30)9-10-25/h5-8,19-20H,1-4,9-15H2/t19-,20-/m1/s1. The fraction of sp³-hybridized carbons (Fsp3) is 0.577. The number of benzene rings is 1. The highest BCUT2D eigenvalue weighted by atomic mass is 32.2. The van der Waals surface area contributed by atoms with Gasteiger partial charge in [0.15, 0.2) is 9.84 Å². The highest BCUT2D eigenvalue weighted by molar-refractivity contribution is 7.91. The van der Waals surface area contributed by atoms with E-state index in [4.69, 9.17) is 4.42 Å². The van der Waals surface area contributed by atoms with Crippen molar-refractivity contribution in [3.8, 4) is 17.3 Å². The molecule has 2 atom stereocenters. The minimum Gasteiger partial charge on any atom is -0.437 e. The number of halogens is 3. The predicted octanol–water partition coefficient (Wildman–Crippen LogP) is 5.13. The fourth-order valence-corrected chi connectivity index (χ4v) is 6.69. The summed E-state index contributed by atoms with van der Waals surface area (Å²) >= 11 is 0. The molecular weight excluding hydrogens is 507 g/mol. The number of alkyl halides is 3. The summed E-state index contributed by atoms with van der Waals surface area (Å²) in [6.45, 7) is 0.705. The Labute approximate surface area is 213 Å². The van der Waals surface area contributed by atoms with Crippen LogP contribution in [0.4, 0.5) is 18.9 Å². The largest absolute Gasteiger partial charge is 0.468 e. The fourth-order valence-electron chi connectivity index (χ4n) is 5.49. The predicted molar refractivity (Wildman–Crippen MR) is 129 cm³/mol. The first-order chi connectivity index (χ1) is 17.5. The van der Waals surface area contributed by atoms with Gasteiger partial charge in [0.25, 0.3) is 0 Å². The lowest BCUT2D eigenvalue weighted by Crippen LogP contribution is -2.40. The number of nitrogens with zero attached hydrogens (tertiary/aromatic N) is 3. The van der Waals surface area contributed by atoms with Crippen LogP contribution in [0.3, 0.4) is 0 Å². The third-order valence-corrected chi connectivity index (χ3v) is 9.47. The van der Waals surface area contributed by atoms with Crippen molar-refractivity contribution in [2.45, 2.75) is 57.0 Å². The van der Waals surface area contributed by atoms with E-state index >= 15 is 0 Å². The number of nitriles is 1. The van der Waals surface area contributed by atoms with Crippen molar-refractivity contribution in [1.29, 1.82) is 5.26 Å². The maximum atomic E-state index is 13.7. The molecule has 7 nitrogen and oxygen atoms in total. The van der Waals surface area contributed by atoms with Crippen LogP contribution in [0.25, 0.3) is 11.3 Å². The molecule has 2 aromatic rings. The number of anilines is 1. The summed E-state index contributed by atoms with van der Waals surface area (Å²) in [6.07, 6.45) is -0.696. The topological polar surface area (TPSA) is 104 Å². The van der Waals surface area contributed by atoms with E-state index in [0.717, 1.165) is 18.5 Å². The van der Waals surface area contributed by atoms with Gasteiger partial charge in [-0.15, -0.1) is 0 Å². The minimum atomic E-state index is -4.78. The van der Waals surface area contributed by atoms with E-state index in [2.05, 4.69) is 11.1 Å². The molecule has 0 radical (unpaired) electrons. The summed E-state index contributed by atoms with van der Waals surface area (Å²) in [6, 6.07) is 9.04. The molecule has 3 aliphatic rings. The molecule has 1 saturated heterocycles. The van der Waals surface area contributed by atoms with Gasteiger partial charge in [-0.05, 0) is 37.8 Å². The van der Waals surface area contributed by atoms with Crippen molar-refractivity contribution in [2.24, 2.45) is 11.3 Å². The second kappa shape index (κ2) is 9.46. The monoisotopic (exact) mass is 535 g/mol. The van der Waals surface area contributed by atoms with E-state index in [9.17, 15) is 31.6 Å². The molecular formula is C26H28F3N3O4S. The quantitative estimate of drug-likeness (QED) is 0.505. The molecule has 11 heteroatoms. The van der Waals surface area contributed by atoms with Crippen LogP contribution in [-0.4, -0.2) is 43.8 Å². The second-order valence-electron chi connectivity index (χ2n) is 10.4. The van der Waals surface area contributed by atoms with Gasteiger partial charge < -0.3 is 9.32 Å². The van der Waals surface area contributed by atoms with Crippen LogP contribution < -0.4 is 4.90 Å². The molecule has 0 unspecified atom stereocenters. The SMILES string of the molecule is N#CC1(CC(=O)[C@@H]2CCCC[C@H]2c2oc(C(F)(F)F)nc2-c2ccc(N3CCS(=O)(=O)CC3)cc2)CC1. The van der Waals surface area contributed by atoms with Crippen LogP contribution in [0.2, 0.25) is 0 Å². The van der Waals surface area contributed by atoms with Crippen molar-refractivity contribution in [3.63, 3.8) is 0 Å². The van der Waals surface area contributed by atoms with Crippen molar-refractivity contribution in [2.75, 3.05) is 29.5 Å². The maximum Gasteiger partial charge on any atom is 0.468 e. The molecule has 1 aromatic heterocycles. The Morgan fingerprint density at radius 1 is 1.14 bits per heavy atom. The van der Waals surface area contributed by atoms with E-state index in [1.54, 1.807) is 24.3 Å². The van der Waals surface area contributed by atoms with Crippen molar-refractivity contribution in [3.05, 3.63) is 35.9 Å². The van der Waals surface area contributed by atoms with Gasteiger partial charge in [0.05, 0.1) is 23.0 Å². The van der Waals surface area contributed by atoms with Gasteiger partial charge in [0.1, 0.15) is 17.2 Å². The lowest BCUT2D eigenvalue weighted by molar-refractivity contribution is -0.157. The lowest BCUT2D eigenvalue weighted by Gasteiger charge is -2.30. The summed E-state index contributed by atoms with van der Waals surface area (Å²) in [5.74, 6) is -2.29. The average molecular weight is 536 g/mol. The number of carbonyl (C=O) groups is 1. The molecule has 2 aliphatic carbocycles. The summed E-state index contributed by atoms with van der Waals surface area (Å²) in [7, 11) is -3.04. The number of aromatic nitrogens is 1. The van der Waals surface area contributed by atoms with Gasteiger partial charge in [-0.25, -0.2) is 13.4 Å². The average Bonchev–Trinajstić information content (AvgIpc) is 3.49. The van der Waals surface area contributed by atoms with E-state index < -0.39 is 39.2 Å². The molecule has 37 heavy (non-hydrogen) atoms. The number of hydrogen-bond donors (Lipinski definition) is 0. The Kier molecular flexibility index (Phi) is 6.59. The van der Waals surface area contributed by atoms with Gasteiger partial charge in [-0.3, -0.25) is 4.79 Å². The first-order valence-corrected chi connectivity index (χ1v) is 14.4. The van der Waals surface area contributed by atoms with Crippen LogP contribution in [0.1, 0.15) is 62.5 Å². The summed E-state index contributed by atoms with van der Waals surface area (Å²) in [5, 5.41) is 9.43. The normalized spacial score (nSPS) is 24.9. The highest BCUT2D eigenvalue weighted by Crippen LogP contribution is 2.51. The molecule has 1 aliphatic heterocycles. The summed E-state index contributed by atoms with van der Waals surface area (Å²) in [5.41, 5.74) is 0.669. The van der Waals surface area contributed by atoms with E-state index in [0.29, 0.717) is 44.3 Å². The third-order valence-electron chi connectivity index (χ3n) is 7.87. The highest BCUT2D eigenvalue weighted by Gasteiger charge is 2.48. The van der Waals surface area contributed by atoms with Crippen LogP contribution in [-0.2, 0) is 20.8 Å². The zero-order valence-electron chi connectivity index (χ0n) is 20.3. The molecule has 2 heterocycles. The van der Waals surface area contributed by atoms with Crippen LogP contribution in [0.15, 0.2) is 28.7 Å². The first-order valence-electron chi connectivity index (χ1n) is 12.6. The molecule has 0 amide bonds. The molecule has 0 N–H and O–H groups in total. The Morgan fingerprint density at radius 2 is 1.78 bits per heavy atom. The number of rotatable bonds is 6. The molecule has 3 fully saturated rings. The van der Waals surface area contributed by atoms with Crippen molar-refractivity contribution >= 4 is 21.3 Å². The number of carbonyl (C=O) groups excluding carboxylic acids is 1. The minimum absolute atomic E-state index is 0.0569. The number of Topliss-reactive ketones (excluding diaryl/α,β-unsaturated/α-hetero) is 1. The Bertz CT molecular complexity index is 1310. The zero-order valence-corrected chi connectivity index (χ0v) is 21.1. The Morgan fingerprint density at radius 3 is 2.38 bits per heavy atom. The molecule has 2 saturated carbocycles. The molecule has 1 aromatic carbocycles. The third kappa shape index (κ3) is 5.40. The molecule has 0 spiro atoms. The van der Waals surface area contributed by atoms with Crippen molar-refractivity contribution < 1.29 is 30.8 Å². The maximum absolute atomic E-state index is 13.7. The van der Waals surface area contributed by atoms with Gasteiger partial charge in [-0.1, -0.05) is 25.0 Å². The zero-order chi connectivity index (χ0) is 26.4. The summed E-state index contributed by atoms with van der Waals surface area (Å²) in [4.78, 5) is 19.0. The van der Waals surface area contributed by atoms with Gasteiger partial charge in [0.2, 0.25) is 0 Å². The van der Waals surface area contributed by atoms with Gasteiger partial charge in [-0.2, -0.15) is 18.4 Å². The smallest absolute Gasteiger partial charge is 0.437 e. The number of hydrogen-bond acceptors (Lipinski definition) is 7. The number of ketones is 1. The number of sulfone groups is 1. The van der Waals surface area contributed by atoms with E-state index in [-0.39, 0.29) is 35.2 Å². The molecule has 5 rings (SSSR count). The van der Waals surface area contributed by atoms with Gasteiger partial charge >= 0.3 is 12.1 Å². The molecule has 198 valence electrons. The number of oxazole rings is 1. The van der Waals surface area contributed by atoms with Crippen LogP contribution in [0.5, 0.6) is 0 Å². The van der Waals surface area contributed by atoms with Crippen molar-refractivity contribution in [1.82, 2.24) is 4.98 Å². The Balaban J connectivity index is 1.45. The lowest BCUT2D eigenvalue weighted by atomic mass is 9.73. The Hall–Kier alpha value is -2.87. The van der Waals surface area contributed by atoms with E-state index in [1.807, 2.05) is 4.90 Å². The summed E-state index contributed by atoms with van der Waals surface area (Å²) < 4.78 is 69.8. The second-order valence-corrected chi connectivity index (χ2v) is 12.8.